The Morgan fingerprint density at radius 2 is 1.97 bits per heavy atom. The zero-order valence-corrected chi connectivity index (χ0v) is 17.9. The summed E-state index contributed by atoms with van der Waals surface area (Å²) in [5.41, 5.74) is 3.11. The van der Waals surface area contributed by atoms with Gasteiger partial charge in [0.25, 0.3) is 5.91 Å². The van der Waals surface area contributed by atoms with E-state index in [0.717, 1.165) is 13.1 Å². The first kappa shape index (κ1) is 20.8. The third kappa shape index (κ3) is 5.18. The lowest BCUT2D eigenvalue weighted by molar-refractivity contribution is -0.130. The Kier molecular flexibility index (Phi) is 6.13. The van der Waals surface area contributed by atoms with E-state index < -0.39 is 0 Å². The lowest BCUT2D eigenvalue weighted by Crippen LogP contribution is -2.49. The van der Waals surface area contributed by atoms with E-state index in [4.69, 9.17) is 0 Å². The number of carbonyl (C=O) groups excluding carboxylic acids is 2. The third-order valence-electron chi connectivity index (χ3n) is 5.15. The number of hydrogen-bond acceptors (Lipinski definition) is 6. The van der Waals surface area contributed by atoms with E-state index in [-0.39, 0.29) is 23.8 Å². The second-order valence-electron chi connectivity index (χ2n) is 7.42. The molecule has 160 valence electrons. The van der Waals surface area contributed by atoms with Crippen LogP contribution >= 0.6 is 11.3 Å². The lowest BCUT2D eigenvalue weighted by atomic mass is 10.2. The average molecular weight is 438 g/mol. The minimum absolute atomic E-state index is 0.0349. The molecule has 1 saturated heterocycles. The van der Waals surface area contributed by atoms with E-state index in [1.165, 1.54) is 40.9 Å². The number of anilines is 2. The highest BCUT2D eigenvalue weighted by molar-refractivity contribution is 7.14. The molecule has 3 heterocycles. The monoisotopic (exact) mass is 437 g/mol. The highest BCUT2D eigenvalue weighted by Gasteiger charge is 2.22. The fourth-order valence-electron chi connectivity index (χ4n) is 3.47. The topological polar surface area (TPSA) is 98.4 Å². The predicted molar refractivity (Wildman–Crippen MR) is 121 cm³/mol. The van der Waals surface area contributed by atoms with Crippen molar-refractivity contribution in [2.75, 3.05) is 36.4 Å². The Bertz CT molecular complexity index is 1130. The molecule has 1 aliphatic rings. The molecule has 2 aromatic heterocycles. The van der Waals surface area contributed by atoms with Crippen LogP contribution in [0.2, 0.25) is 0 Å². The van der Waals surface area contributed by atoms with Gasteiger partial charge in [-0.05, 0) is 30.7 Å². The number of amides is 2. The highest BCUT2D eigenvalue weighted by Crippen LogP contribution is 2.20. The molecule has 0 bridgehead atoms. The third-order valence-corrected chi connectivity index (χ3v) is 5.96. The van der Waals surface area contributed by atoms with E-state index in [9.17, 15) is 14.4 Å². The summed E-state index contributed by atoms with van der Waals surface area (Å²) in [7, 11) is 0. The molecule has 1 fully saturated rings. The molecule has 1 aliphatic heterocycles. The molecule has 0 atom stereocenters. The molecule has 4 rings (SSSR count). The van der Waals surface area contributed by atoms with Crippen LogP contribution in [0.25, 0.3) is 0 Å². The van der Waals surface area contributed by atoms with Gasteiger partial charge in [0, 0.05) is 49.5 Å². The van der Waals surface area contributed by atoms with Gasteiger partial charge in [0.05, 0.1) is 17.7 Å². The van der Waals surface area contributed by atoms with Gasteiger partial charge in [-0.2, -0.15) is 0 Å². The number of carbonyl (C=O) groups is 2. The Hall–Kier alpha value is -3.46. The summed E-state index contributed by atoms with van der Waals surface area (Å²) >= 11 is 1.27. The molecular formula is C22H23N5O3S. The van der Waals surface area contributed by atoms with Crippen LogP contribution in [0.15, 0.2) is 52.8 Å². The van der Waals surface area contributed by atoms with Gasteiger partial charge in [0.2, 0.25) is 11.5 Å². The van der Waals surface area contributed by atoms with Crippen molar-refractivity contribution in [3.05, 3.63) is 75.1 Å². The molecule has 0 saturated carbocycles. The van der Waals surface area contributed by atoms with E-state index in [1.807, 2.05) is 4.90 Å². The predicted octanol–water partition coefficient (Wildman–Crippen LogP) is 2.28. The van der Waals surface area contributed by atoms with Crippen molar-refractivity contribution in [2.45, 2.75) is 13.3 Å². The highest BCUT2D eigenvalue weighted by atomic mass is 32.1. The van der Waals surface area contributed by atoms with Crippen molar-refractivity contribution in [3.8, 4) is 0 Å². The maximum absolute atomic E-state index is 12.7. The zero-order valence-electron chi connectivity index (χ0n) is 17.1. The molecule has 0 aliphatic carbocycles. The summed E-state index contributed by atoms with van der Waals surface area (Å²) in [6, 6.07) is 11.1. The molecule has 2 N–H and O–H groups in total. The van der Waals surface area contributed by atoms with Gasteiger partial charge in [0.15, 0.2) is 5.13 Å². The van der Waals surface area contributed by atoms with E-state index in [1.54, 1.807) is 5.38 Å². The largest absolute Gasteiger partial charge is 0.368 e. The fraction of sp³-hybridized carbons (Fsp3) is 0.273. The number of aromatic amines is 1. The van der Waals surface area contributed by atoms with Crippen molar-refractivity contribution < 1.29 is 9.59 Å². The van der Waals surface area contributed by atoms with Crippen molar-refractivity contribution in [3.63, 3.8) is 0 Å². The van der Waals surface area contributed by atoms with E-state index >= 15 is 0 Å². The van der Waals surface area contributed by atoms with Gasteiger partial charge in [-0.1, -0.05) is 12.1 Å². The molecule has 0 spiro atoms. The molecule has 3 aromatic rings. The van der Waals surface area contributed by atoms with Gasteiger partial charge in [0.1, 0.15) is 0 Å². The maximum atomic E-state index is 12.7. The number of aryl methyl sites for hydroxylation is 1. The summed E-state index contributed by atoms with van der Waals surface area (Å²) in [4.78, 5) is 47.0. The second kappa shape index (κ2) is 9.13. The summed E-state index contributed by atoms with van der Waals surface area (Å²) in [6.07, 6.45) is 1.56. The van der Waals surface area contributed by atoms with Crippen molar-refractivity contribution in [2.24, 2.45) is 0 Å². The van der Waals surface area contributed by atoms with Crippen LogP contribution in [0, 0.1) is 6.92 Å². The van der Waals surface area contributed by atoms with Crippen molar-refractivity contribution in [1.29, 1.82) is 0 Å². The molecule has 8 nitrogen and oxygen atoms in total. The van der Waals surface area contributed by atoms with Gasteiger partial charge in [-0.25, -0.2) is 4.98 Å². The smallest absolute Gasteiger partial charge is 0.258 e. The number of hydrogen-bond donors (Lipinski definition) is 2. The fourth-order valence-corrected chi connectivity index (χ4v) is 4.18. The number of aromatic nitrogens is 2. The van der Waals surface area contributed by atoms with Crippen LogP contribution in [-0.2, 0) is 11.2 Å². The standard InChI is InChI=1S/C22H23N5O3S/c1-15-3-2-4-18(11-15)26-7-9-27(10-8-26)20(29)12-17-14-31-22(24-17)25-21(30)16-5-6-19(28)23-13-16/h2-6,11,13-14H,7-10,12H2,1H3,(H,23,28)(H,24,25,30). The van der Waals surface area contributed by atoms with E-state index in [0.29, 0.717) is 29.5 Å². The molecule has 0 unspecified atom stereocenters. The Balaban J connectivity index is 1.29. The first-order chi connectivity index (χ1) is 15.0. The summed E-state index contributed by atoms with van der Waals surface area (Å²) in [5, 5.41) is 4.90. The number of pyridine rings is 1. The molecular weight excluding hydrogens is 414 g/mol. The van der Waals surface area contributed by atoms with Crippen molar-refractivity contribution in [1.82, 2.24) is 14.9 Å². The second-order valence-corrected chi connectivity index (χ2v) is 8.28. The zero-order chi connectivity index (χ0) is 21.8. The summed E-state index contributed by atoms with van der Waals surface area (Å²) in [5.74, 6) is -0.330. The molecule has 9 heteroatoms. The SMILES string of the molecule is Cc1cccc(N2CCN(C(=O)Cc3csc(NC(=O)c4ccc(=O)[nH]c4)n3)CC2)c1. The molecule has 0 radical (unpaired) electrons. The molecule has 2 amide bonds. The minimum atomic E-state index is -0.365. The maximum Gasteiger partial charge on any atom is 0.258 e. The molecule has 1 aromatic carbocycles. The lowest BCUT2D eigenvalue weighted by Gasteiger charge is -2.36. The number of H-pyrrole nitrogens is 1. The Labute approximate surface area is 183 Å². The number of benzene rings is 1. The number of nitrogens with one attached hydrogen (secondary N) is 2. The average Bonchev–Trinajstić information content (AvgIpc) is 3.21. The van der Waals surface area contributed by atoms with Crippen LogP contribution in [0.5, 0.6) is 0 Å². The van der Waals surface area contributed by atoms with Gasteiger partial charge < -0.3 is 14.8 Å². The number of rotatable bonds is 5. The minimum Gasteiger partial charge on any atom is -0.368 e. The van der Waals surface area contributed by atoms with Crippen molar-refractivity contribution >= 4 is 34.0 Å². The normalized spacial score (nSPS) is 13.8. The van der Waals surface area contributed by atoms with Crippen LogP contribution in [0.3, 0.4) is 0 Å². The van der Waals surface area contributed by atoms with Gasteiger partial charge in [-0.15, -0.1) is 11.3 Å². The quantitative estimate of drug-likeness (QED) is 0.638. The van der Waals surface area contributed by atoms with Crippen LogP contribution in [0.1, 0.15) is 21.6 Å². The number of nitrogens with zero attached hydrogens (tertiary/aromatic N) is 3. The Morgan fingerprint density at radius 3 is 2.68 bits per heavy atom. The van der Waals surface area contributed by atoms with Gasteiger partial charge >= 0.3 is 0 Å². The van der Waals surface area contributed by atoms with Crippen LogP contribution in [-0.4, -0.2) is 52.9 Å². The van der Waals surface area contributed by atoms with Crippen LogP contribution < -0.4 is 15.8 Å². The number of piperazine rings is 1. The number of thiazole rings is 1. The summed E-state index contributed by atoms with van der Waals surface area (Å²) < 4.78 is 0. The van der Waals surface area contributed by atoms with Gasteiger partial charge in [-0.3, -0.25) is 19.7 Å². The first-order valence-electron chi connectivity index (χ1n) is 10.0. The first-order valence-corrected chi connectivity index (χ1v) is 10.9. The molecule has 31 heavy (non-hydrogen) atoms. The van der Waals surface area contributed by atoms with E-state index in [2.05, 4.69) is 51.4 Å². The van der Waals surface area contributed by atoms with Crippen LogP contribution in [0.4, 0.5) is 10.8 Å². The summed E-state index contributed by atoms with van der Waals surface area (Å²) in [6.45, 7) is 5.02. The Morgan fingerprint density at radius 1 is 1.16 bits per heavy atom.